The van der Waals surface area contributed by atoms with Crippen LogP contribution in [0.2, 0.25) is 0 Å². The minimum atomic E-state index is -4.33. The smallest absolute Gasteiger partial charge is 0.395 e. The van der Waals surface area contributed by atoms with E-state index in [1.165, 1.54) is 0 Å². The molecule has 15 heavy (non-hydrogen) atoms. The lowest BCUT2D eigenvalue weighted by Crippen LogP contribution is -2.36. The molecule has 0 spiro atoms. The fourth-order valence-electron chi connectivity index (χ4n) is 0.905. The van der Waals surface area contributed by atoms with Gasteiger partial charge in [-0.2, -0.15) is 13.2 Å². The van der Waals surface area contributed by atoms with Crippen LogP contribution in [0.25, 0.3) is 0 Å². The van der Waals surface area contributed by atoms with Crippen LogP contribution in [-0.4, -0.2) is 41.2 Å². The zero-order chi connectivity index (χ0) is 11.5. The predicted octanol–water partition coefficient (Wildman–Crippen LogP) is 1.66. The molecule has 1 heterocycles. The van der Waals surface area contributed by atoms with E-state index in [-0.39, 0.29) is 18.3 Å². The van der Waals surface area contributed by atoms with Crippen molar-refractivity contribution < 1.29 is 18.3 Å². The standard InChI is InChI=1S/C6H7BrF3N3OS/c7-4-11-12-5(15-4)13(1-2-14)3-6(8,9)10/h14H,1-3H2. The summed E-state index contributed by atoms with van der Waals surface area (Å²) < 4.78 is 36.8. The summed E-state index contributed by atoms with van der Waals surface area (Å²) in [4.78, 5) is 0.933. The zero-order valence-corrected chi connectivity index (χ0v) is 9.73. The van der Waals surface area contributed by atoms with Gasteiger partial charge in [0.1, 0.15) is 6.54 Å². The third kappa shape index (κ3) is 4.31. The molecule has 9 heteroatoms. The lowest BCUT2D eigenvalue weighted by molar-refractivity contribution is -0.119. The number of anilines is 1. The van der Waals surface area contributed by atoms with E-state index in [1.54, 1.807) is 0 Å². The van der Waals surface area contributed by atoms with Gasteiger partial charge in [0.25, 0.3) is 0 Å². The molecule has 0 fully saturated rings. The first-order valence-corrected chi connectivity index (χ1v) is 5.45. The molecular weight excluding hydrogens is 299 g/mol. The molecule has 0 atom stereocenters. The van der Waals surface area contributed by atoms with Crippen LogP contribution < -0.4 is 4.90 Å². The molecule has 1 rings (SSSR count). The number of hydrogen-bond donors (Lipinski definition) is 1. The van der Waals surface area contributed by atoms with Gasteiger partial charge in [0, 0.05) is 6.54 Å². The first-order chi connectivity index (χ1) is 6.92. The van der Waals surface area contributed by atoms with Crippen LogP contribution in [-0.2, 0) is 0 Å². The Hall–Kier alpha value is -0.410. The zero-order valence-electron chi connectivity index (χ0n) is 7.33. The molecule has 0 saturated heterocycles. The highest BCUT2D eigenvalue weighted by atomic mass is 79.9. The van der Waals surface area contributed by atoms with Gasteiger partial charge in [-0.15, -0.1) is 10.2 Å². The summed E-state index contributed by atoms with van der Waals surface area (Å²) in [5.41, 5.74) is 0. The number of aliphatic hydroxyl groups is 1. The molecule has 0 unspecified atom stereocenters. The van der Waals surface area contributed by atoms with Gasteiger partial charge in [-0.3, -0.25) is 0 Å². The van der Waals surface area contributed by atoms with Gasteiger partial charge in [0.2, 0.25) is 5.13 Å². The van der Waals surface area contributed by atoms with Crippen LogP contribution in [0.15, 0.2) is 3.92 Å². The van der Waals surface area contributed by atoms with Gasteiger partial charge in [-0.25, -0.2) is 0 Å². The van der Waals surface area contributed by atoms with Crippen molar-refractivity contribution in [1.82, 2.24) is 10.2 Å². The summed E-state index contributed by atoms with van der Waals surface area (Å²) in [5, 5.41) is 15.9. The summed E-state index contributed by atoms with van der Waals surface area (Å²) in [6, 6.07) is 0. The lowest BCUT2D eigenvalue weighted by Gasteiger charge is -2.21. The fraction of sp³-hybridized carbons (Fsp3) is 0.667. The number of alkyl halides is 3. The number of aromatic nitrogens is 2. The van der Waals surface area contributed by atoms with Gasteiger partial charge in [-0.05, 0) is 15.9 Å². The van der Waals surface area contributed by atoms with Gasteiger partial charge < -0.3 is 10.0 Å². The largest absolute Gasteiger partial charge is 0.406 e. The average molecular weight is 306 g/mol. The van der Waals surface area contributed by atoms with Crippen molar-refractivity contribution in [1.29, 1.82) is 0 Å². The molecule has 0 aliphatic carbocycles. The molecule has 1 aromatic heterocycles. The maximum absolute atomic E-state index is 12.1. The number of halogens is 4. The number of nitrogens with zero attached hydrogens (tertiary/aromatic N) is 3. The van der Waals surface area contributed by atoms with E-state index < -0.39 is 12.7 Å². The first kappa shape index (κ1) is 12.7. The van der Waals surface area contributed by atoms with Crippen LogP contribution in [0.3, 0.4) is 0 Å². The van der Waals surface area contributed by atoms with Crippen molar-refractivity contribution in [2.75, 3.05) is 24.6 Å². The van der Waals surface area contributed by atoms with Crippen molar-refractivity contribution in [3.8, 4) is 0 Å². The lowest BCUT2D eigenvalue weighted by atomic mass is 10.5. The van der Waals surface area contributed by atoms with E-state index in [0.29, 0.717) is 3.92 Å². The fourth-order valence-corrected chi connectivity index (χ4v) is 2.02. The van der Waals surface area contributed by atoms with E-state index in [0.717, 1.165) is 16.2 Å². The normalized spacial score (nSPS) is 11.8. The Kier molecular flexibility index (Phi) is 4.29. The Morgan fingerprint density at radius 1 is 1.40 bits per heavy atom. The monoisotopic (exact) mass is 305 g/mol. The molecule has 0 aliphatic heterocycles. The topological polar surface area (TPSA) is 49.2 Å². The Balaban J connectivity index is 2.74. The van der Waals surface area contributed by atoms with E-state index in [1.807, 2.05) is 0 Å². The summed E-state index contributed by atoms with van der Waals surface area (Å²) in [6.07, 6.45) is -4.33. The Morgan fingerprint density at radius 3 is 2.47 bits per heavy atom. The van der Waals surface area contributed by atoms with Crippen LogP contribution in [0, 0.1) is 0 Å². The average Bonchev–Trinajstić information content (AvgIpc) is 2.48. The van der Waals surface area contributed by atoms with E-state index in [4.69, 9.17) is 5.11 Å². The second-order valence-corrected chi connectivity index (χ2v) is 4.83. The minimum Gasteiger partial charge on any atom is -0.395 e. The number of hydrogen-bond acceptors (Lipinski definition) is 5. The summed E-state index contributed by atoms with van der Waals surface area (Å²) in [7, 11) is 0. The highest BCUT2D eigenvalue weighted by Crippen LogP contribution is 2.26. The summed E-state index contributed by atoms with van der Waals surface area (Å²) >= 11 is 3.99. The first-order valence-electron chi connectivity index (χ1n) is 3.84. The van der Waals surface area contributed by atoms with Crippen molar-refractivity contribution in [2.24, 2.45) is 0 Å². The van der Waals surface area contributed by atoms with Gasteiger partial charge in [0.05, 0.1) is 6.61 Å². The molecular formula is C6H7BrF3N3OS. The molecule has 0 amide bonds. The predicted molar refractivity (Wildman–Crippen MR) is 53.0 cm³/mol. The van der Waals surface area contributed by atoms with Crippen molar-refractivity contribution in [2.45, 2.75) is 6.18 Å². The third-order valence-electron chi connectivity index (χ3n) is 1.40. The second kappa shape index (κ2) is 5.08. The maximum atomic E-state index is 12.1. The van der Waals surface area contributed by atoms with Crippen molar-refractivity contribution >= 4 is 32.4 Å². The second-order valence-electron chi connectivity index (χ2n) is 2.60. The van der Waals surface area contributed by atoms with Crippen LogP contribution in [0.1, 0.15) is 0 Å². The summed E-state index contributed by atoms with van der Waals surface area (Å²) in [5.74, 6) is 0. The quantitative estimate of drug-likeness (QED) is 0.919. The van der Waals surface area contributed by atoms with E-state index >= 15 is 0 Å². The number of aliphatic hydroxyl groups excluding tert-OH is 1. The van der Waals surface area contributed by atoms with Gasteiger partial charge in [0.15, 0.2) is 3.92 Å². The Morgan fingerprint density at radius 2 is 2.07 bits per heavy atom. The molecule has 0 radical (unpaired) electrons. The van der Waals surface area contributed by atoms with Crippen molar-refractivity contribution in [3.63, 3.8) is 0 Å². The Labute approximate surface area is 95.9 Å². The molecule has 4 nitrogen and oxygen atoms in total. The van der Waals surface area contributed by atoms with Gasteiger partial charge in [-0.1, -0.05) is 11.3 Å². The molecule has 1 aromatic rings. The van der Waals surface area contributed by atoms with Crippen LogP contribution in [0.4, 0.5) is 18.3 Å². The molecule has 0 bridgehead atoms. The highest BCUT2D eigenvalue weighted by Gasteiger charge is 2.31. The third-order valence-corrected chi connectivity index (χ3v) is 2.82. The minimum absolute atomic E-state index is 0.124. The van der Waals surface area contributed by atoms with Crippen LogP contribution >= 0.6 is 27.3 Å². The SMILES string of the molecule is OCCN(CC(F)(F)F)c1nnc(Br)s1. The molecule has 1 N–H and O–H groups in total. The van der Waals surface area contributed by atoms with Gasteiger partial charge >= 0.3 is 6.18 Å². The molecule has 0 aliphatic rings. The molecule has 86 valence electrons. The van der Waals surface area contributed by atoms with Crippen molar-refractivity contribution in [3.05, 3.63) is 3.92 Å². The van der Waals surface area contributed by atoms with E-state index in [9.17, 15) is 13.2 Å². The summed E-state index contributed by atoms with van der Waals surface area (Å²) in [6.45, 7) is -1.64. The molecule has 0 aromatic carbocycles. The maximum Gasteiger partial charge on any atom is 0.406 e. The van der Waals surface area contributed by atoms with Crippen LogP contribution in [0.5, 0.6) is 0 Å². The molecule has 0 saturated carbocycles. The highest BCUT2D eigenvalue weighted by molar-refractivity contribution is 9.11. The Bertz CT molecular complexity index is 319. The van der Waals surface area contributed by atoms with E-state index in [2.05, 4.69) is 26.1 Å². The number of rotatable bonds is 4.